The molecule has 92 valence electrons. The fourth-order valence-corrected chi connectivity index (χ4v) is 2.67. The largest absolute Gasteiger partial charge is 0.345 e. The zero-order valence-corrected chi connectivity index (χ0v) is 9.88. The third-order valence-electron chi connectivity index (χ3n) is 4.07. The number of rotatable bonds is 4. The lowest BCUT2D eigenvalue weighted by Crippen LogP contribution is -2.49. The van der Waals surface area contributed by atoms with Gasteiger partial charge in [-0.15, -0.1) is 0 Å². The van der Waals surface area contributed by atoms with Gasteiger partial charge in [0.1, 0.15) is 5.69 Å². The first-order valence-corrected chi connectivity index (χ1v) is 6.20. The van der Waals surface area contributed by atoms with E-state index < -0.39 is 0 Å². The summed E-state index contributed by atoms with van der Waals surface area (Å²) in [7, 11) is 0. The van der Waals surface area contributed by atoms with Gasteiger partial charge >= 0.3 is 0 Å². The summed E-state index contributed by atoms with van der Waals surface area (Å²) in [4.78, 5) is 23.0. The lowest BCUT2D eigenvalue weighted by atomic mass is 9.89. The van der Waals surface area contributed by atoms with Gasteiger partial charge in [0, 0.05) is 11.6 Å². The van der Waals surface area contributed by atoms with E-state index in [4.69, 9.17) is 0 Å². The van der Waals surface area contributed by atoms with Crippen molar-refractivity contribution >= 4 is 5.91 Å². The van der Waals surface area contributed by atoms with Gasteiger partial charge in [-0.1, -0.05) is 0 Å². The molecule has 2 aliphatic carbocycles. The van der Waals surface area contributed by atoms with Crippen molar-refractivity contribution in [1.82, 2.24) is 15.5 Å². The molecule has 2 aliphatic rings. The smallest absolute Gasteiger partial charge is 0.269 e. The predicted octanol–water partition coefficient (Wildman–Crippen LogP) is 1.01. The number of aromatic amines is 2. The third-order valence-corrected chi connectivity index (χ3v) is 4.07. The molecule has 0 aromatic carbocycles. The van der Waals surface area contributed by atoms with Gasteiger partial charge in [-0.3, -0.25) is 19.8 Å². The summed E-state index contributed by atoms with van der Waals surface area (Å²) < 4.78 is 0. The van der Waals surface area contributed by atoms with Gasteiger partial charge in [-0.05, 0) is 44.4 Å². The zero-order valence-electron chi connectivity index (χ0n) is 9.88. The van der Waals surface area contributed by atoms with Crippen LogP contribution in [0.1, 0.15) is 43.1 Å². The van der Waals surface area contributed by atoms with Crippen molar-refractivity contribution in [3.05, 3.63) is 22.1 Å². The van der Waals surface area contributed by atoms with Crippen molar-refractivity contribution in [3.63, 3.8) is 0 Å². The zero-order chi connectivity index (χ0) is 12.0. The number of hydrogen-bond donors (Lipinski definition) is 3. The quantitative estimate of drug-likeness (QED) is 0.728. The van der Waals surface area contributed by atoms with Crippen molar-refractivity contribution in [1.29, 1.82) is 0 Å². The molecule has 2 fully saturated rings. The highest BCUT2D eigenvalue weighted by Crippen LogP contribution is 2.51. The van der Waals surface area contributed by atoms with Crippen molar-refractivity contribution in [2.24, 2.45) is 11.8 Å². The van der Waals surface area contributed by atoms with E-state index in [0.717, 1.165) is 0 Å². The summed E-state index contributed by atoms with van der Waals surface area (Å²) in [5, 5.41) is 8.10. The van der Waals surface area contributed by atoms with Crippen LogP contribution in [0.15, 0.2) is 10.9 Å². The number of carbonyl (C=O) groups excluding carboxylic acids is 1. The third kappa shape index (κ3) is 1.90. The van der Waals surface area contributed by atoms with E-state index in [2.05, 4.69) is 22.4 Å². The Morgan fingerprint density at radius 3 is 2.29 bits per heavy atom. The maximum Gasteiger partial charge on any atom is 0.269 e. The van der Waals surface area contributed by atoms with Gasteiger partial charge < -0.3 is 5.32 Å². The Labute approximate surface area is 99.0 Å². The molecule has 17 heavy (non-hydrogen) atoms. The number of aromatic nitrogens is 2. The normalized spacial score (nSPS) is 20.3. The molecular formula is C12H17N3O2. The first kappa shape index (κ1) is 10.6. The van der Waals surface area contributed by atoms with Gasteiger partial charge in [-0.25, -0.2) is 0 Å². The van der Waals surface area contributed by atoms with Crippen LogP contribution in [0.5, 0.6) is 0 Å². The van der Waals surface area contributed by atoms with Gasteiger partial charge in [0.25, 0.3) is 11.5 Å². The van der Waals surface area contributed by atoms with E-state index in [0.29, 0.717) is 17.5 Å². The highest BCUT2D eigenvalue weighted by molar-refractivity contribution is 5.92. The topological polar surface area (TPSA) is 77.8 Å². The number of carbonyl (C=O) groups is 1. The molecule has 0 aliphatic heterocycles. The second-order valence-electron chi connectivity index (χ2n) is 5.46. The summed E-state index contributed by atoms with van der Waals surface area (Å²) in [6.45, 7) is 2.14. The Morgan fingerprint density at radius 1 is 1.29 bits per heavy atom. The SMILES string of the molecule is CC(NC(=O)c1cc(=O)[nH][nH]1)(C1CC1)C1CC1. The number of H-pyrrole nitrogens is 2. The van der Waals surface area contributed by atoms with Gasteiger partial charge in [0.2, 0.25) is 0 Å². The summed E-state index contributed by atoms with van der Waals surface area (Å²) in [6, 6.07) is 1.30. The Balaban J connectivity index is 1.76. The second kappa shape index (κ2) is 3.48. The van der Waals surface area contributed by atoms with E-state index in [1.54, 1.807) is 0 Å². The van der Waals surface area contributed by atoms with Gasteiger partial charge in [0.05, 0.1) is 0 Å². The fourth-order valence-electron chi connectivity index (χ4n) is 2.67. The van der Waals surface area contributed by atoms with Crippen LogP contribution in [0.3, 0.4) is 0 Å². The van der Waals surface area contributed by atoms with Crippen molar-refractivity contribution in [3.8, 4) is 0 Å². The molecule has 0 saturated heterocycles. The number of amides is 1. The van der Waals surface area contributed by atoms with Crippen LogP contribution in [0.2, 0.25) is 0 Å². The van der Waals surface area contributed by atoms with E-state index in [-0.39, 0.29) is 17.0 Å². The Kier molecular flexibility index (Phi) is 2.18. The van der Waals surface area contributed by atoms with E-state index in [9.17, 15) is 9.59 Å². The van der Waals surface area contributed by atoms with Crippen LogP contribution in [0.4, 0.5) is 0 Å². The number of nitrogens with one attached hydrogen (secondary N) is 3. The van der Waals surface area contributed by atoms with Crippen LogP contribution < -0.4 is 10.9 Å². The van der Waals surface area contributed by atoms with Crippen LogP contribution in [-0.4, -0.2) is 21.6 Å². The highest BCUT2D eigenvalue weighted by atomic mass is 16.2. The van der Waals surface area contributed by atoms with E-state index >= 15 is 0 Å². The van der Waals surface area contributed by atoms with Crippen molar-refractivity contribution in [2.75, 3.05) is 0 Å². The summed E-state index contributed by atoms with van der Waals surface area (Å²) >= 11 is 0. The van der Waals surface area contributed by atoms with Crippen LogP contribution in [0.25, 0.3) is 0 Å². The average molecular weight is 235 g/mol. The molecule has 5 nitrogen and oxygen atoms in total. The maximum atomic E-state index is 12.0. The molecule has 1 aromatic rings. The highest BCUT2D eigenvalue weighted by Gasteiger charge is 2.51. The van der Waals surface area contributed by atoms with Crippen molar-refractivity contribution in [2.45, 2.75) is 38.1 Å². The fraction of sp³-hybridized carbons (Fsp3) is 0.667. The molecule has 3 N–H and O–H groups in total. The molecule has 1 aromatic heterocycles. The predicted molar refractivity (Wildman–Crippen MR) is 62.7 cm³/mol. The number of hydrogen-bond acceptors (Lipinski definition) is 2. The molecular weight excluding hydrogens is 218 g/mol. The van der Waals surface area contributed by atoms with Gasteiger partial charge in [0.15, 0.2) is 0 Å². The first-order chi connectivity index (χ1) is 8.09. The van der Waals surface area contributed by atoms with E-state index in [1.807, 2.05) is 0 Å². The monoisotopic (exact) mass is 235 g/mol. The standard InChI is InChI=1S/C12H17N3O2/c1-12(7-2-3-7,8-4-5-8)13-11(17)9-6-10(16)15-14-9/h6-8H,2-5H2,1H3,(H,13,17)(H2,14,15,16). The summed E-state index contributed by atoms with van der Waals surface area (Å²) in [5.41, 5.74) is -0.0252. The molecule has 0 unspecified atom stereocenters. The Morgan fingerprint density at radius 2 is 1.88 bits per heavy atom. The minimum absolute atomic E-state index is 0.0781. The molecule has 3 rings (SSSR count). The maximum absolute atomic E-state index is 12.0. The minimum atomic E-state index is -0.269. The lowest BCUT2D eigenvalue weighted by molar-refractivity contribution is 0.0873. The Hall–Kier alpha value is -1.52. The van der Waals surface area contributed by atoms with Gasteiger partial charge in [-0.2, -0.15) is 0 Å². The summed E-state index contributed by atoms with van der Waals surface area (Å²) in [6.07, 6.45) is 4.82. The second-order valence-corrected chi connectivity index (χ2v) is 5.46. The minimum Gasteiger partial charge on any atom is -0.345 e. The van der Waals surface area contributed by atoms with Crippen LogP contribution >= 0.6 is 0 Å². The summed E-state index contributed by atoms with van der Waals surface area (Å²) in [5.74, 6) is 1.05. The molecule has 5 heteroatoms. The molecule has 0 radical (unpaired) electrons. The molecule has 0 atom stereocenters. The Bertz CT molecular complexity index is 482. The van der Waals surface area contributed by atoms with E-state index in [1.165, 1.54) is 31.7 Å². The molecule has 0 bridgehead atoms. The average Bonchev–Trinajstić information content (AvgIpc) is 3.14. The molecule has 1 amide bonds. The van der Waals surface area contributed by atoms with Crippen LogP contribution in [-0.2, 0) is 0 Å². The molecule has 2 saturated carbocycles. The van der Waals surface area contributed by atoms with Crippen molar-refractivity contribution < 1.29 is 4.79 Å². The lowest BCUT2D eigenvalue weighted by Gasteiger charge is -2.31. The molecule has 0 spiro atoms. The first-order valence-electron chi connectivity index (χ1n) is 6.20. The van der Waals surface area contributed by atoms with Crippen LogP contribution in [0, 0.1) is 11.8 Å². The molecule has 1 heterocycles.